The van der Waals surface area contributed by atoms with Crippen LogP contribution < -0.4 is 15.1 Å². The van der Waals surface area contributed by atoms with E-state index >= 15 is 0 Å². The number of piperazine rings is 1. The fraction of sp³-hybridized carbons (Fsp3) is 0.250. The molecular formula is C20H24N3O2+. The van der Waals surface area contributed by atoms with Crippen molar-refractivity contribution in [1.82, 2.24) is 10.4 Å². The van der Waals surface area contributed by atoms with Gasteiger partial charge in [0, 0.05) is 6.08 Å². The van der Waals surface area contributed by atoms with Crippen LogP contribution in [0.2, 0.25) is 0 Å². The van der Waals surface area contributed by atoms with Crippen LogP contribution in [0.15, 0.2) is 60.7 Å². The highest BCUT2D eigenvalue weighted by atomic mass is 16.5. The van der Waals surface area contributed by atoms with Gasteiger partial charge in [0.15, 0.2) is 0 Å². The van der Waals surface area contributed by atoms with Crippen LogP contribution in [0.4, 0.5) is 0 Å². The van der Waals surface area contributed by atoms with Gasteiger partial charge in [0.05, 0.1) is 33.2 Å². The van der Waals surface area contributed by atoms with Gasteiger partial charge in [-0.15, -0.1) is 0 Å². The summed E-state index contributed by atoms with van der Waals surface area (Å²) in [5.74, 6) is 1.43. The van der Waals surface area contributed by atoms with Crippen LogP contribution in [0.25, 0.3) is 6.08 Å². The number of nitrogens with one attached hydrogen (secondary N) is 2. The lowest BCUT2D eigenvalue weighted by molar-refractivity contribution is -0.884. The molecule has 130 valence electrons. The number of para-hydroxylation sites is 1. The van der Waals surface area contributed by atoms with Crippen molar-refractivity contribution in [3.05, 3.63) is 66.2 Å². The number of hydrazine groups is 1. The standard InChI is InChI=1S/C20H23N3O2/c1-22-12-14-23(15-13-22)21-20(24)11-10-17-6-5-9-19(16-17)25-18-7-3-2-4-8-18/h2-11,16H,12-15H2,1H3,(H,21,24)/p+1/b11-10+. The number of carbonyl (C=O) groups is 1. The lowest BCUT2D eigenvalue weighted by Gasteiger charge is -2.29. The number of amides is 1. The molecule has 0 bridgehead atoms. The van der Waals surface area contributed by atoms with Crippen LogP contribution in [0.3, 0.4) is 0 Å². The van der Waals surface area contributed by atoms with E-state index in [2.05, 4.69) is 12.5 Å². The normalized spacial score (nSPS) is 16.0. The number of likely N-dealkylation sites (N-methyl/N-ethyl adjacent to an activating group) is 1. The third kappa shape index (κ3) is 5.45. The highest BCUT2D eigenvalue weighted by Crippen LogP contribution is 2.22. The Kier molecular flexibility index (Phi) is 5.82. The molecule has 0 unspecified atom stereocenters. The van der Waals surface area contributed by atoms with Crippen LogP contribution in [0, 0.1) is 0 Å². The number of benzene rings is 2. The summed E-state index contributed by atoms with van der Waals surface area (Å²) < 4.78 is 5.81. The lowest BCUT2D eigenvalue weighted by Crippen LogP contribution is -3.12. The molecule has 1 fully saturated rings. The highest BCUT2D eigenvalue weighted by molar-refractivity contribution is 5.91. The van der Waals surface area contributed by atoms with Gasteiger partial charge in [-0.2, -0.15) is 0 Å². The van der Waals surface area contributed by atoms with Crippen molar-refractivity contribution < 1.29 is 14.4 Å². The summed E-state index contributed by atoms with van der Waals surface area (Å²) in [5.41, 5.74) is 3.85. The fourth-order valence-corrected chi connectivity index (χ4v) is 2.67. The molecule has 1 saturated heterocycles. The number of hydrogen-bond acceptors (Lipinski definition) is 3. The minimum atomic E-state index is -0.103. The average molecular weight is 338 g/mol. The molecule has 0 aliphatic carbocycles. The number of rotatable bonds is 5. The molecule has 0 aromatic heterocycles. The maximum atomic E-state index is 12.1. The minimum Gasteiger partial charge on any atom is -0.457 e. The maximum absolute atomic E-state index is 12.1. The second kappa shape index (κ2) is 8.46. The number of quaternary nitrogens is 1. The molecule has 25 heavy (non-hydrogen) atoms. The smallest absolute Gasteiger partial charge is 0.258 e. The van der Waals surface area contributed by atoms with Gasteiger partial charge in [-0.25, -0.2) is 5.01 Å². The predicted molar refractivity (Wildman–Crippen MR) is 98.3 cm³/mol. The van der Waals surface area contributed by atoms with E-state index < -0.39 is 0 Å². The van der Waals surface area contributed by atoms with Gasteiger partial charge in [-0.05, 0) is 35.9 Å². The second-order valence-corrected chi connectivity index (χ2v) is 6.24. The Morgan fingerprint density at radius 3 is 2.56 bits per heavy atom. The van der Waals surface area contributed by atoms with Crippen molar-refractivity contribution in [2.24, 2.45) is 0 Å². The number of nitrogens with zero attached hydrogens (tertiary/aromatic N) is 1. The lowest BCUT2D eigenvalue weighted by atomic mass is 10.2. The van der Waals surface area contributed by atoms with E-state index in [4.69, 9.17) is 4.74 Å². The van der Waals surface area contributed by atoms with E-state index in [-0.39, 0.29) is 5.91 Å². The number of ether oxygens (including phenoxy) is 1. The topological polar surface area (TPSA) is 46.0 Å². The molecule has 0 saturated carbocycles. The van der Waals surface area contributed by atoms with Gasteiger partial charge < -0.3 is 9.64 Å². The Balaban J connectivity index is 1.56. The van der Waals surface area contributed by atoms with Gasteiger partial charge in [0.25, 0.3) is 5.91 Å². The van der Waals surface area contributed by atoms with Crippen molar-refractivity contribution in [1.29, 1.82) is 0 Å². The zero-order chi connectivity index (χ0) is 17.5. The first kappa shape index (κ1) is 17.2. The highest BCUT2D eigenvalue weighted by Gasteiger charge is 2.17. The van der Waals surface area contributed by atoms with Gasteiger partial charge >= 0.3 is 0 Å². The van der Waals surface area contributed by atoms with Crippen LogP contribution in [0.1, 0.15) is 5.56 Å². The Labute approximate surface area is 148 Å². The van der Waals surface area contributed by atoms with Crippen LogP contribution >= 0.6 is 0 Å². The molecule has 0 radical (unpaired) electrons. The summed E-state index contributed by atoms with van der Waals surface area (Å²) >= 11 is 0. The zero-order valence-corrected chi connectivity index (χ0v) is 14.4. The molecule has 2 aromatic carbocycles. The minimum absolute atomic E-state index is 0.103. The van der Waals surface area contributed by atoms with Crippen molar-refractivity contribution in [3.8, 4) is 11.5 Å². The monoisotopic (exact) mass is 338 g/mol. The summed E-state index contributed by atoms with van der Waals surface area (Å²) in [5, 5.41) is 1.98. The largest absolute Gasteiger partial charge is 0.457 e. The van der Waals surface area contributed by atoms with Gasteiger partial charge in [-0.1, -0.05) is 30.3 Å². The Bertz CT molecular complexity index is 723. The maximum Gasteiger partial charge on any atom is 0.258 e. The first-order chi connectivity index (χ1) is 12.2. The van der Waals surface area contributed by atoms with Gasteiger partial charge in [-0.3, -0.25) is 10.2 Å². The summed E-state index contributed by atoms with van der Waals surface area (Å²) in [4.78, 5) is 13.6. The molecule has 3 rings (SSSR count). The molecule has 1 aliphatic rings. The first-order valence-electron chi connectivity index (χ1n) is 8.57. The van der Waals surface area contributed by atoms with Crippen LogP contribution in [-0.2, 0) is 4.79 Å². The average Bonchev–Trinajstić information content (AvgIpc) is 2.63. The van der Waals surface area contributed by atoms with E-state index in [9.17, 15) is 4.79 Å². The van der Waals surface area contributed by atoms with Gasteiger partial charge in [0.1, 0.15) is 11.5 Å². The summed E-state index contributed by atoms with van der Waals surface area (Å²) in [6.07, 6.45) is 3.36. The number of carbonyl (C=O) groups excluding carboxylic acids is 1. The molecule has 2 N–H and O–H groups in total. The third-order valence-electron chi connectivity index (χ3n) is 4.15. The quantitative estimate of drug-likeness (QED) is 0.809. The molecule has 1 amide bonds. The summed E-state index contributed by atoms with van der Waals surface area (Å²) in [6.45, 7) is 3.85. The Morgan fingerprint density at radius 1 is 1.08 bits per heavy atom. The van der Waals surface area contributed by atoms with Crippen molar-refractivity contribution >= 4 is 12.0 Å². The van der Waals surface area contributed by atoms with Crippen LogP contribution in [-0.4, -0.2) is 44.1 Å². The predicted octanol–water partition coefficient (Wildman–Crippen LogP) is 1.35. The van der Waals surface area contributed by atoms with E-state index in [0.29, 0.717) is 0 Å². The first-order valence-corrected chi connectivity index (χ1v) is 8.57. The summed E-state index contributed by atoms with van der Waals surface area (Å²) in [6, 6.07) is 17.3. The van der Waals surface area contributed by atoms with E-state index in [0.717, 1.165) is 43.2 Å². The summed E-state index contributed by atoms with van der Waals surface area (Å²) in [7, 11) is 2.17. The zero-order valence-electron chi connectivity index (χ0n) is 14.4. The SMILES string of the molecule is C[NH+]1CCN(NC(=O)/C=C/c2cccc(Oc3ccccc3)c2)CC1. The molecular weight excluding hydrogens is 314 g/mol. The van der Waals surface area contributed by atoms with E-state index in [1.807, 2.05) is 59.6 Å². The fourth-order valence-electron chi connectivity index (χ4n) is 2.67. The van der Waals surface area contributed by atoms with Gasteiger partial charge in [0.2, 0.25) is 0 Å². The third-order valence-corrected chi connectivity index (χ3v) is 4.15. The Hall–Kier alpha value is -2.63. The van der Waals surface area contributed by atoms with Crippen molar-refractivity contribution in [2.45, 2.75) is 0 Å². The molecule has 5 nitrogen and oxygen atoms in total. The molecule has 5 heteroatoms. The molecule has 1 heterocycles. The van der Waals surface area contributed by atoms with Crippen LogP contribution in [0.5, 0.6) is 11.5 Å². The number of hydrogen-bond donors (Lipinski definition) is 2. The Morgan fingerprint density at radius 2 is 1.80 bits per heavy atom. The second-order valence-electron chi connectivity index (χ2n) is 6.24. The van der Waals surface area contributed by atoms with E-state index in [1.165, 1.54) is 4.90 Å². The van der Waals surface area contributed by atoms with Crippen molar-refractivity contribution in [2.75, 3.05) is 33.2 Å². The molecule has 1 aliphatic heterocycles. The van der Waals surface area contributed by atoms with E-state index in [1.54, 1.807) is 12.2 Å². The molecule has 0 atom stereocenters. The molecule has 0 spiro atoms. The molecule has 2 aromatic rings. The van der Waals surface area contributed by atoms with Crippen molar-refractivity contribution in [3.63, 3.8) is 0 Å².